The quantitative estimate of drug-likeness (QED) is 0.905. The molecule has 0 unspecified atom stereocenters. The van der Waals surface area contributed by atoms with Crippen LogP contribution in [0, 0.1) is 0 Å². The number of nitrogens with one attached hydrogen (secondary N) is 1. The lowest BCUT2D eigenvalue weighted by molar-refractivity contribution is 0.415. The molecular weight excluding hydrogens is 250 g/mol. The Bertz CT molecular complexity index is 608. The van der Waals surface area contributed by atoms with E-state index in [1.54, 1.807) is 7.11 Å². The van der Waals surface area contributed by atoms with E-state index >= 15 is 0 Å². The SMILES string of the molecule is CNCC1(c2nccc(-c3cccc(OC)c3)n2)CC1. The van der Waals surface area contributed by atoms with Crippen LogP contribution in [0.15, 0.2) is 36.5 Å². The molecule has 20 heavy (non-hydrogen) atoms. The summed E-state index contributed by atoms with van der Waals surface area (Å²) in [5.41, 5.74) is 2.16. The van der Waals surface area contributed by atoms with Gasteiger partial charge in [-0.2, -0.15) is 0 Å². The molecule has 0 bridgehead atoms. The van der Waals surface area contributed by atoms with Crippen molar-refractivity contribution in [2.24, 2.45) is 0 Å². The minimum Gasteiger partial charge on any atom is -0.497 e. The molecule has 104 valence electrons. The predicted molar refractivity (Wildman–Crippen MR) is 78.9 cm³/mol. The van der Waals surface area contributed by atoms with Crippen molar-refractivity contribution in [1.29, 1.82) is 0 Å². The van der Waals surface area contributed by atoms with Crippen LogP contribution < -0.4 is 10.1 Å². The first-order valence-electron chi connectivity index (χ1n) is 6.90. The number of ether oxygens (including phenoxy) is 1. The molecule has 0 spiro atoms. The molecule has 1 fully saturated rings. The van der Waals surface area contributed by atoms with Crippen molar-refractivity contribution in [2.75, 3.05) is 20.7 Å². The van der Waals surface area contributed by atoms with Gasteiger partial charge in [0.15, 0.2) is 0 Å². The van der Waals surface area contributed by atoms with Crippen molar-refractivity contribution in [3.63, 3.8) is 0 Å². The summed E-state index contributed by atoms with van der Waals surface area (Å²) >= 11 is 0. The monoisotopic (exact) mass is 269 g/mol. The van der Waals surface area contributed by atoms with E-state index in [2.05, 4.69) is 10.3 Å². The lowest BCUT2D eigenvalue weighted by Gasteiger charge is -2.14. The van der Waals surface area contributed by atoms with Gasteiger partial charge in [0.25, 0.3) is 0 Å². The van der Waals surface area contributed by atoms with Gasteiger partial charge in [-0.25, -0.2) is 9.97 Å². The van der Waals surface area contributed by atoms with Crippen LogP contribution in [0.5, 0.6) is 5.75 Å². The van der Waals surface area contributed by atoms with Crippen LogP contribution in [0.3, 0.4) is 0 Å². The molecule has 2 aromatic rings. The first kappa shape index (κ1) is 13.1. The number of rotatable bonds is 5. The van der Waals surface area contributed by atoms with E-state index in [0.717, 1.165) is 42.2 Å². The second-order valence-corrected chi connectivity index (χ2v) is 5.31. The zero-order valence-corrected chi connectivity index (χ0v) is 11.9. The predicted octanol–water partition coefficient (Wildman–Crippen LogP) is 2.40. The molecule has 0 aliphatic heterocycles. The Balaban J connectivity index is 1.95. The zero-order valence-electron chi connectivity index (χ0n) is 11.9. The van der Waals surface area contributed by atoms with Crippen molar-refractivity contribution in [1.82, 2.24) is 15.3 Å². The highest BCUT2D eigenvalue weighted by atomic mass is 16.5. The van der Waals surface area contributed by atoms with Crippen LogP contribution in [0.4, 0.5) is 0 Å². The van der Waals surface area contributed by atoms with Gasteiger partial charge in [0.1, 0.15) is 11.6 Å². The smallest absolute Gasteiger partial charge is 0.136 e. The second kappa shape index (κ2) is 5.21. The van der Waals surface area contributed by atoms with Gasteiger partial charge in [0.2, 0.25) is 0 Å². The number of likely N-dealkylation sites (N-methyl/N-ethyl adjacent to an activating group) is 1. The van der Waals surface area contributed by atoms with Gasteiger partial charge in [-0.3, -0.25) is 0 Å². The van der Waals surface area contributed by atoms with Crippen LogP contribution in [0.2, 0.25) is 0 Å². The summed E-state index contributed by atoms with van der Waals surface area (Å²) < 4.78 is 5.27. The van der Waals surface area contributed by atoms with Crippen molar-refractivity contribution in [3.05, 3.63) is 42.4 Å². The second-order valence-electron chi connectivity index (χ2n) is 5.31. The molecule has 1 aliphatic carbocycles. The highest BCUT2D eigenvalue weighted by Gasteiger charge is 2.46. The van der Waals surface area contributed by atoms with Gasteiger partial charge >= 0.3 is 0 Å². The van der Waals surface area contributed by atoms with Gasteiger partial charge in [-0.1, -0.05) is 12.1 Å². The maximum Gasteiger partial charge on any atom is 0.136 e. The third-order valence-electron chi connectivity index (χ3n) is 3.86. The number of benzene rings is 1. The zero-order chi connectivity index (χ0) is 14.0. The molecule has 4 heteroatoms. The largest absolute Gasteiger partial charge is 0.497 e. The molecular formula is C16H19N3O. The highest BCUT2D eigenvalue weighted by molar-refractivity contribution is 5.61. The molecule has 3 rings (SSSR count). The summed E-state index contributed by atoms with van der Waals surface area (Å²) in [5, 5.41) is 3.25. The summed E-state index contributed by atoms with van der Waals surface area (Å²) in [6.07, 6.45) is 4.18. The molecule has 1 aromatic heterocycles. The van der Waals surface area contributed by atoms with Crippen molar-refractivity contribution in [2.45, 2.75) is 18.3 Å². The maximum atomic E-state index is 5.27. The van der Waals surface area contributed by atoms with Crippen molar-refractivity contribution >= 4 is 0 Å². The third-order valence-corrected chi connectivity index (χ3v) is 3.86. The number of hydrogen-bond donors (Lipinski definition) is 1. The molecule has 0 amide bonds. The van der Waals surface area contributed by atoms with E-state index < -0.39 is 0 Å². The number of methoxy groups -OCH3 is 1. The Morgan fingerprint density at radius 3 is 2.85 bits per heavy atom. The van der Waals surface area contributed by atoms with E-state index in [-0.39, 0.29) is 5.41 Å². The van der Waals surface area contributed by atoms with Gasteiger partial charge in [-0.15, -0.1) is 0 Å². The minimum absolute atomic E-state index is 0.142. The molecule has 0 saturated heterocycles. The average Bonchev–Trinajstić information content (AvgIpc) is 3.29. The van der Waals surface area contributed by atoms with E-state index in [4.69, 9.17) is 9.72 Å². The topological polar surface area (TPSA) is 47.0 Å². The fourth-order valence-electron chi connectivity index (χ4n) is 2.53. The van der Waals surface area contributed by atoms with E-state index in [1.165, 1.54) is 0 Å². The van der Waals surface area contributed by atoms with Crippen molar-refractivity contribution in [3.8, 4) is 17.0 Å². The lowest BCUT2D eigenvalue weighted by Crippen LogP contribution is -2.25. The Kier molecular flexibility index (Phi) is 3.40. The number of aromatic nitrogens is 2. The number of nitrogens with zero attached hydrogens (tertiary/aromatic N) is 2. The van der Waals surface area contributed by atoms with Gasteiger partial charge < -0.3 is 10.1 Å². The van der Waals surface area contributed by atoms with Crippen LogP contribution in [-0.2, 0) is 5.41 Å². The van der Waals surface area contributed by atoms with Gasteiger partial charge in [0, 0.05) is 23.7 Å². The molecule has 1 N–H and O–H groups in total. The molecule has 1 aliphatic rings. The molecule has 0 radical (unpaired) electrons. The van der Waals surface area contributed by atoms with Gasteiger partial charge in [0.05, 0.1) is 12.8 Å². The molecule has 1 heterocycles. The van der Waals surface area contributed by atoms with Crippen LogP contribution in [0.1, 0.15) is 18.7 Å². The lowest BCUT2D eigenvalue weighted by atomic mass is 10.1. The Morgan fingerprint density at radius 1 is 1.30 bits per heavy atom. The van der Waals surface area contributed by atoms with E-state index in [1.807, 2.05) is 43.6 Å². The Labute approximate surface area is 119 Å². The van der Waals surface area contributed by atoms with Gasteiger partial charge in [-0.05, 0) is 38.1 Å². The summed E-state index contributed by atoms with van der Waals surface area (Å²) in [7, 11) is 3.66. The number of hydrogen-bond acceptors (Lipinski definition) is 4. The third kappa shape index (κ3) is 2.39. The standard InChI is InChI=1S/C16H19N3O/c1-17-11-16(7-8-16)15-18-9-6-14(19-15)12-4-3-5-13(10-12)20-2/h3-6,9-10,17H,7-8,11H2,1-2H3. The summed E-state index contributed by atoms with van der Waals surface area (Å²) in [6.45, 7) is 0.939. The Hall–Kier alpha value is -1.94. The fraction of sp³-hybridized carbons (Fsp3) is 0.375. The minimum atomic E-state index is 0.142. The first-order chi connectivity index (χ1) is 9.77. The highest BCUT2D eigenvalue weighted by Crippen LogP contribution is 2.46. The fourth-order valence-corrected chi connectivity index (χ4v) is 2.53. The maximum absolute atomic E-state index is 5.27. The Morgan fingerprint density at radius 2 is 2.15 bits per heavy atom. The van der Waals surface area contributed by atoms with E-state index in [9.17, 15) is 0 Å². The molecule has 1 aromatic carbocycles. The summed E-state index contributed by atoms with van der Waals surface area (Å²) in [6, 6.07) is 9.93. The van der Waals surface area contributed by atoms with Crippen LogP contribution in [-0.4, -0.2) is 30.7 Å². The first-order valence-corrected chi connectivity index (χ1v) is 6.90. The molecule has 4 nitrogen and oxygen atoms in total. The molecule has 0 atom stereocenters. The van der Waals surface area contributed by atoms with Crippen molar-refractivity contribution < 1.29 is 4.74 Å². The molecule has 1 saturated carbocycles. The normalized spacial score (nSPS) is 15.9. The van der Waals surface area contributed by atoms with E-state index in [0.29, 0.717) is 0 Å². The van der Waals surface area contributed by atoms with Crippen LogP contribution >= 0.6 is 0 Å². The summed E-state index contributed by atoms with van der Waals surface area (Å²) in [5.74, 6) is 1.80. The average molecular weight is 269 g/mol. The summed E-state index contributed by atoms with van der Waals surface area (Å²) in [4.78, 5) is 9.24. The van der Waals surface area contributed by atoms with Crippen LogP contribution in [0.25, 0.3) is 11.3 Å².